The van der Waals surface area contributed by atoms with Crippen molar-refractivity contribution in [3.63, 3.8) is 0 Å². The average Bonchev–Trinajstić information content (AvgIpc) is 2.37. The van der Waals surface area contributed by atoms with E-state index in [0.717, 1.165) is 17.2 Å². The summed E-state index contributed by atoms with van der Waals surface area (Å²) < 4.78 is 5.48. The smallest absolute Gasteiger partial charge is 0.338 e. The van der Waals surface area contributed by atoms with Gasteiger partial charge in [-0.25, -0.2) is 4.79 Å². The monoisotopic (exact) mass is 242 g/mol. The average molecular weight is 242 g/mol. The van der Waals surface area contributed by atoms with E-state index >= 15 is 0 Å². The lowest BCUT2D eigenvalue weighted by Crippen LogP contribution is -2.27. The van der Waals surface area contributed by atoms with E-state index in [0.29, 0.717) is 5.56 Å². The molecule has 0 aliphatic heterocycles. The van der Waals surface area contributed by atoms with Gasteiger partial charge in [-0.1, -0.05) is 37.3 Å². The van der Waals surface area contributed by atoms with Crippen molar-refractivity contribution in [2.75, 3.05) is 0 Å². The van der Waals surface area contributed by atoms with Crippen LogP contribution >= 0.6 is 0 Å². The number of esters is 1. The summed E-state index contributed by atoms with van der Waals surface area (Å²) in [5.41, 5.74) is 0.193. The van der Waals surface area contributed by atoms with Gasteiger partial charge in [-0.05, 0) is 43.2 Å². The third-order valence-electron chi connectivity index (χ3n) is 3.21. The fraction of sp³-hybridized carbons (Fsp3) is 0.312. The van der Waals surface area contributed by atoms with Crippen LogP contribution in [0.4, 0.5) is 0 Å². The fourth-order valence-corrected chi connectivity index (χ4v) is 1.70. The number of hydrogen-bond acceptors (Lipinski definition) is 2. The summed E-state index contributed by atoms with van der Waals surface area (Å²) in [7, 11) is 0. The fourth-order valence-electron chi connectivity index (χ4n) is 1.70. The highest BCUT2D eigenvalue weighted by molar-refractivity contribution is 5.95. The van der Waals surface area contributed by atoms with Gasteiger partial charge in [0.05, 0.1) is 5.56 Å². The maximum absolute atomic E-state index is 12.0. The van der Waals surface area contributed by atoms with Crippen LogP contribution in [-0.2, 0) is 4.74 Å². The van der Waals surface area contributed by atoms with Crippen molar-refractivity contribution in [1.82, 2.24) is 0 Å². The molecule has 0 heterocycles. The van der Waals surface area contributed by atoms with Crippen molar-refractivity contribution >= 4 is 16.7 Å². The number of hydrogen-bond donors (Lipinski definition) is 0. The molecule has 0 aliphatic carbocycles. The zero-order valence-electron chi connectivity index (χ0n) is 11.1. The molecule has 0 spiro atoms. The lowest BCUT2D eigenvalue weighted by atomic mass is 10.1. The summed E-state index contributed by atoms with van der Waals surface area (Å²) >= 11 is 0. The van der Waals surface area contributed by atoms with Crippen molar-refractivity contribution in [3.8, 4) is 0 Å². The number of benzene rings is 2. The van der Waals surface area contributed by atoms with Crippen LogP contribution in [0.5, 0.6) is 0 Å². The van der Waals surface area contributed by atoms with Gasteiger partial charge in [0.15, 0.2) is 0 Å². The van der Waals surface area contributed by atoms with E-state index in [9.17, 15) is 4.79 Å². The largest absolute Gasteiger partial charge is 0.456 e. The van der Waals surface area contributed by atoms with Crippen LogP contribution in [0.25, 0.3) is 10.8 Å². The highest BCUT2D eigenvalue weighted by Gasteiger charge is 2.21. The molecule has 0 N–H and O–H groups in total. The Morgan fingerprint density at radius 3 is 2.44 bits per heavy atom. The molecule has 0 fully saturated rings. The van der Waals surface area contributed by atoms with Gasteiger partial charge in [0.25, 0.3) is 0 Å². The standard InChI is InChI=1S/C16H18O2/c1-4-16(2,3)18-15(17)14-10-9-12-7-5-6-8-13(12)11-14/h5-11H,4H2,1-3H3. The Morgan fingerprint density at radius 2 is 1.78 bits per heavy atom. The van der Waals surface area contributed by atoms with Crippen molar-refractivity contribution < 1.29 is 9.53 Å². The summed E-state index contributed by atoms with van der Waals surface area (Å²) in [6.45, 7) is 5.85. The van der Waals surface area contributed by atoms with Crippen LogP contribution in [0.2, 0.25) is 0 Å². The summed E-state index contributed by atoms with van der Waals surface area (Å²) in [6.07, 6.45) is 0.798. The summed E-state index contributed by atoms with van der Waals surface area (Å²) in [4.78, 5) is 12.0. The first kappa shape index (κ1) is 12.6. The SMILES string of the molecule is CCC(C)(C)OC(=O)c1ccc2ccccc2c1. The van der Waals surface area contributed by atoms with E-state index in [1.54, 1.807) is 0 Å². The molecule has 0 aromatic heterocycles. The van der Waals surface area contributed by atoms with Gasteiger partial charge in [0, 0.05) is 0 Å². The molecule has 2 aromatic carbocycles. The molecule has 0 unspecified atom stereocenters. The second kappa shape index (κ2) is 4.81. The number of carbonyl (C=O) groups is 1. The molecular weight excluding hydrogens is 224 g/mol. The van der Waals surface area contributed by atoms with Gasteiger partial charge >= 0.3 is 5.97 Å². The van der Waals surface area contributed by atoms with Crippen LogP contribution in [0.3, 0.4) is 0 Å². The quantitative estimate of drug-likeness (QED) is 0.754. The molecule has 2 rings (SSSR count). The maximum atomic E-state index is 12.0. The second-order valence-corrected chi connectivity index (χ2v) is 5.06. The Kier molecular flexibility index (Phi) is 3.37. The van der Waals surface area contributed by atoms with Crippen molar-refractivity contribution in [2.24, 2.45) is 0 Å². The lowest BCUT2D eigenvalue weighted by molar-refractivity contribution is -0.00241. The Bertz CT molecular complexity index is 570. The van der Waals surface area contributed by atoms with Crippen molar-refractivity contribution in [2.45, 2.75) is 32.8 Å². The van der Waals surface area contributed by atoms with E-state index in [-0.39, 0.29) is 5.97 Å². The van der Waals surface area contributed by atoms with Gasteiger partial charge in [-0.15, -0.1) is 0 Å². The predicted octanol–water partition coefficient (Wildman–Crippen LogP) is 4.19. The molecule has 0 amide bonds. The maximum Gasteiger partial charge on any atom is 0.338 e. The summed E-state index contributed by atoms with van der Waals surface area (Å²) in [6, 6.07) is 13.6. The topological polar surface area (TPSA) is 26.3 Å². The number of ether oxygens (including phenoxy) is 1. The van der Waals surface area contributed by atoms with Crippen molar-refractivity contribution in [1.29, 1.82) is 0 Å². The number of rotatable bonds is 3. The zero-order chi connectivity index (χ0) is 13.2. The van der Waals surface area contributed by atoms with Gasteiger partial charge < -0.3 is 4.74 Å². The predicted molar refractivity (Wildman–Crippen MR) is 73.7 cm³/mol. The molecular formula is C16H18O2. The first-order chi connectivity index (χ1) is 8.52. The molecule has 0 bridgehead atoms. The van der Waals surface area contributed by atoms with Gasteiger partial charge in [0.2, 0.25) is 0 Å². The minimum Gasteiger partial charge on any atom is -0.456 e. The zero-order valence-corrected chi connectivity index (χ0v) is 11.1. The van der Waals surface area contributed by atoms with Crippen LogP contribution in [0.15, 0.2) is 42.5 Å². The van der Waals surface area contributed by atoms with E-state index in [4.69, 9.17) is 4.74 Å². The molecule has 0 radical (unpaired) electrons. The van der Waals surface area contributed by atoms with Crippen LogP contribution in [0.1, 0.15) is 37.6 Å². The van der Waals surface area contributed by atoms with Gasteiger partial charge in [0.1, 0.15) is 5.60 Å². The van der Waals surface area contributed by atoms with Gasteiger partial charge in [-0.2, -0.15) is 0 Å². The molecule has 0 saturated carbocycles. The first-order valence-electron chi connectivity index (χ1n) is 6.24. The van der Waals surface area contributed by atoms with Crippen LogP contribution in [0, 0.1) is 0 Å². The normalized spacial score (nSPS) is 11.5. The lowest BCUT2D eigenvalue weighted by Gasteiger charge is -2.23. The Morgan fingerprint density at radius 1 is 1.11 bits per heavy atom. The molecule has 0 saturated heterocycles. The molecule has 0 aliphatic rings. The second-order valence-electron chi connectivity index (χ2n) is 5.06. The third kappa shape index (κ3) is 2.70. The number of carbonyl (C=O) groups excluding carboxylic acids is 1. The number of fused-ring (bicyclic) bond motifs is 1. The minimum absolute atomic E-state index is 0.257. The minimum atomic E-state index is -0.414. The highest BCUT2D eigenvalue weighted by Crippen LogP contribution is 2.20. The highest BCUT2D eigenvalue weighted by atomic mass is 16.6. The summed E-state index contributed by atoms with van der Waals surface area (Å²) in [5.74, 6) is -0.257. The van der Waals surface area contributed by atoms with E-state index in [2.05, 4.69) is 0 Å². The van der Waals surface area contributed by atoms with Crippen LogP contribution < -0.4 is 0 Å². The Balaban J connectivity index is 2.28. The molecule has 94 valence electrons. The molecule has 0 atom stereocenters. The van der Waals surface area contributed by atoms with Crippen molar-refractivity contribution in [3.05, 3.63) is 48.0 Å². The summed E-state index contributed by atoms with van der Waals surface area (Å²) in [5, 5.41) is 2.19. The molecule has 2 nitrogen and oxygen atoms in total. The molecule has 2 aromatic rings. The first-order valence-corrected chi connectivity index (χ1v) is 6.24. The molecule has 2 heteroatoms. The Hall–Kier alpha value is -1.83. The van der Waals surface area contributed by atoms with E-state index < -0.39 is 5.60 Å². The van der Waals surface area contributed by atoms with E-state index in [1.165, 1.54) is 0 Å². The third-order valence-corrected chi connectivity index (χ3v) is 3.21. The van der Waals surface area contributed by atoms with E-state index in [1.807, 2.05) is 63.2 Å². The molecule has 18 heavy (non-hydrogen) atoms. The van der Waals surface area contributed by atoms with Gasteiger partial charge in [-0.3, -0.25) is 0 Å². The Labute approximate surface area is 108 Å². The van der Waals surface area contributed by atoms with Crippen LogP contribution in [-0.4, -0.2) is 11.6 Å².